The van der Waals surface area contributed by atoms with E-state index in [1.54, 1.807) is 0 Å². The molecule has 1 saturated heterocycles. The highest BCUT2D eigenvalue weighted by Gasteiger charge is 2.26. The SMILES string of the molecule is Cc1nnc(SC(C)C(=O)N2CCN(c3ccccc3)CC2)s1. The number of carbonyl (C=O) groups excluding carboxylic acids is 1. The van der Waals surface area contributed by atoms with E-state index in [2.05, 4.69) is 39.4 Å². The number of hydrogen-bond donors (Lipinski definition) is 0. The van der Waals surface area contributed by atoms with E-state index in [1.165, 1.54) is 28.8 Å². The molecule has 1 atom stereocenters. The predicted octanol–water partition coefficient (Wildman–Crippen LogP) is 2.68. The maximum absolute atomic E-state index is 12.6. The summed E-state index contributed by atoms with van der Waals surface area (Å²) < 4.78 is 0.867. The van der Waals surface area contributed by atoms with Gasteiger partial charge in [-0.05, 0) is 26.0 Å². The summed E-state index contributed by atoms with van der Waals surface area (Å²) in [6, 6.07) is 10.4. The number of nitrogens with zero attached hydrogens (tertiary/aromatic N) is 4. The molecule has 0 spiro atoms. The van der Waals surface area contributed by atoms with Gasteiger partial charge in [0.25, 0.3) is 0 Å². The number of aryl methyl sites for hydroxylation is 1. The predicted molar refractivity (Wildman–Crippen MR) is 95.2 cm³/mol. The lowest BCUT2D eigenvalue weighted by Crippen LogP contribution is -2.50. The van der Waals surface area contributed by atoms with Crippen molar-refractivity contribution in [1.29, 1.82) is 0 Å². The summed E-state index contributed by atoms with van der Waals surface area (Å²) in [7, 11) is 0. The van der Waals surface area contributed by atoms with Crippen molar-refractivity contribution < 1.29 is 4.79 Å². The summed E-state index contributed by atoms with van der Waals surface area (Å²) in [5.74, 6) is 0.190. The highest BCUT2D eigenvalue weighted by Crippen LogP contribution is 2.27. The molecule has 0 bridgehead atoms. The van der Waals surface area contributed by atoms with Gasteiger partial charge in [0.2, 0.25) is 5.91 Å². The molecule has 1 aromatic heterocycles. The van der Waals surface area contributed by atoms with Crippen molar-refractivity contribution in [3.05, 3.63) is 35.3 Å². The molecule has 1 aromatic carbocycles. The number of amides is 1. The van der Waals surface area contributed by atoms with Gasteiger partial charge in [0.15, 0.2) is 4.34 Å². The third-order valence-corrected chi connectivity index (χ3v) is 5.86. The summed E-state index contributed by atoms with van der Waals surface area (Å²) in [5, 5.41) is 8.90. The first-order valence-corrected chi connectivity index (χ1v) is 9.38. The maximum atomic E-state index is 12.6. The third-order valence-electron chi connectivity index (χ3n) is 3.85. The molecule has 23 heavy (non-hydrogen) atoms. The monoisotopic (exact) mass is 348 g/mol. The van der Waals surface area contributed by atoms with Crippen LogP contribution in [-0.4, -0.2) is 52.4 Å². The van der Waals surface area contributed by atoms with Gasteiger partial charge in [0.1, 0.15) is 5.01 Å². The van der Waals surface area contributed by atoms with E-state index in [0.29, 0.717) is 0 Å². The van der Waals surface area contributed by atoms with E-state index in [4.69, 9.17) is 0 Å². The van der Waals surface area contributed by atoms with Gasteiger partial charge in [-0.3, -0.25) is 4.79 Å². The molecule has 1 aliphatic rings. The van der Waals surface area contributed by atoms with Gasteiger partial charge < -0.3 is 9.80 Å². The minimum Gasteiger partial charge on any atom is -0.368 e. The Morgan fingerprint density at radius 2 is 1.87 bits per heavy atom. The van der Waals surface area contributed by atoms with Crippen LogP contribution < -0.4 is 4.90 Å². The van der Waals surface area contributed by atoms with Crippen LogP contribution in [0.1, 0.15) is 11.9 Å². The largest absolute Gasteiger partial charge is 0.368 e. The first-order chi connectivity index (χ1) is 11.1. The van der Waals surface area contributed by atoms with Crippen LogP contribution in [0.15, 0.2) is 34.7 Å². The molecular formula is C16H20N4OS2. The first kappa shape index (κ1) is 16.3. The Labute approximate surface area is 144 Å². The molecule has 2 heterocycles. The molecule has 0 aliphatic carbocycles. The minimum atomic E-state index is -0.120. The van der Waals surface area contributed by atoms with Crippen molar-refractivity contribution in [3.63, 3.8) is 0 Å². The Hall–Kier alpha value is -1.60. The van der Waals surface area contributed by atoms with E-state index in [1.807, 2.05) is 24.8 Å². The van der Waals surface area contributed by atoms with Crippen LogP contribution in [0.25, 0.3) is 0 Å². The second kappa shape index (κ2) is 7.31. The average Bonchev–Trinajstić information content (AvgIpc) is 3.00. The number of aromatic nitrogens is 2. The van der Waals surface area contributed by atoms with Crippen LogP contribution in [0.3, 0.4) is 0 Å². The fourth-order valence-electron chi connectivity index (χ4n) is 2.61. The van der Waals surface area contributed by atoms with Gasteiger partial charge in [-0.1, -0.05) is 41.3 Å². The van der Waals surface area contributed by atoms with Gasteiger partial charge >= 0.3 is 0 Å². The maximum Gasteiger partial charge on any atom is 0.235 e. The van der Waals surface area contributed by atoms with Crippen LogP contribution in [0.4, 0.5) is 5.69 Å². The molecule has 0 N–H and O–H groups in total. The summed E-state index contributed by atoms with van der Waals surface area (Å²) in [6.07, 6.45) is 0. The quantitative estimate of drug-likeness (QED) is 0.795. The molecular weight excluding hydrogens is 328 g/mol. The first-order valence-electron chi connectivity index (χ1n) is 7.69. The highest BCUT2D eigenvalue weighted by molar-refractivity contribution is 8.02. The van der Waals surface area contributed by atoms with Crippen molar-refractivity contribution in [2.45, 2.75) is 23.4 Å². The number of rotatable bonds is 4. The van der Waals surface area contributed by atoms with Crippen molar-refractivity contribution >= 4 is 34.7 Å². The summed E-state index contributed by atoms with van der Waals surface area (Å²) in [4.78, 5) is 16.9. The molecule has 0 saturated carbocycles. The molecule has 122 valence electrons. The van der Waals surface area contributed by atoms with Crippen LogP contribution in [-0.2, 0) is 4.79 Å². The minimum absolute atomic E-state index is 0.120. The Morgan fingerprint density at radius 3 is 2.48 bits per heavy atom. The zero-order valence-corrected chi connectivity index (χ0v) is 14.9. The van der Waals surface area contributed by atoms with Crippen LogP contribution in [0.5, 0.6) is 0 Å². The van der Waals surface area contributed by atoms with Crippen molar-refractivity contribution in [2.24, 2.45) is 0 Å². The normalized spacial score (nSPS) is 16.4. The van der Waals surface area contributed by atoms with Gasteiger partial charge in [0, 0.05) is 31.9 Å². The number of hydrogen-bond acceptors (Lipinski definition) is 6. The molecule has 1 aliphatic heterocycles. The molecule has 0 radical (unpaired) electrons. The molecule has 5 nitrogen and oxygen atoms in total. The lowest BCUT2D eigenvalue weighted by Gasteiger charge is -2.37. The summed E-state index contributed by atoms with van der Waals surface area (Å²) in [6.45, 7) is 7.18. The summed E-state index contributed by atoms with van der Waals surface area (Å²) >= 11 is 3.04. The third kappa shape index (κ3) is 4.03. The number of piperazine rings is 1. The second-order valence-electron chi connectivity index (χ2n) is 5.49. The smallest absolute Gasteiger partial charge is 0.235 e. The van der Waals surface area contributed by atoms with Gasteiger partial charge in [-0.2, -0.15) is 0 Å². The average molecular weight is 348 g/mol. The number of thioether (sulfide) groups is 1. The van der Waals surface area contributed by atoms with E-state index < -0.39 is 0 Å². The van der Waals surface area contributed by atoms with Crippen LogP contribution in [0.2, 0.25) is 0 Å². The molecule has 1 unspecified atom stereocenters. The number of anilines is 1. The van der Waals surface area contributed by atoms with Crippen molar-refractivity contribution in [2.75, 3.05) is 31.1 Å². The topological polar surface area (TPSA) is 49.3 Å². The summed E-state index contributed by atoms with van der Waals surface area (Å²) in [5.41, 5.74) is 1.23. The molecule has 1 fully saturated rings. The van der Waals surface area contributed by atoms with E-state index >= 15 is 0 Å². The van der Waals surface area contributed by atoms with Gasteiger partial charge in [0.05, 0.1) is 5.25 Å². The Kier molecular flexibility index (Phi) is 5.17. The van der Waals surface area contributed by atoms with Gasteiger partial charge in [-0.25, -0.2) is 0 Å². The number of para-hydroxylation sites is 1. The fraction of sp³-hybridized carbons (Fsp3) is 0.438. The zero-order valence-electron chi connectivity index (χ0n) is 13.3. The van der Waals surface area contributed by atoms with E-state index in [-0.39, 0.29) is 11.2 Å². The standard InChI is InChI=1S/C16H20N4OS2/c1-12(22-16-18-17-13(2)23-16)15(21)20-10-8-19(9-11-20)14-6-4-3-5-7-14/h3-7,12H,8-11H2,1-2H3. The highest BCUT2D eigenvalue weighted by atomic mass is 32.2. The second-order valence-corrected chi connectivity index (χ2v) is 8.26. The Morgan fingerprint density at radius 1 is 1.17 bits per heavy atom. The van der Waals surface area contributed by atoms with Crippen molar-refractivity contribution in [3.8, 4) is 0 Å². The number of benzene rings is 1. The van der Waals surface area contributed by atoms with E-state index in [0.717, 1.165) is 35.5 Å². The van der Waals surface area contributed by atoms with Crippen LogP contribution >= 0.6 is 23.1 Å². The molecule has 3 rings (SSSR count). The molecule has 2 aromatic rings. The fourth-order valence-corrected chi connectivity index (χ4v) is 4.65. The Balaban J connectivity index is 1.53. The van der Waals surface area contributed by atoms with Gasteiger partial charge in [-0.15, -0.1) is 10.2 Å². The lowest BCUT2D eigenvalue weighted by atomic mass is 10.2. The number of carbonyl (C=O) groups is 1. The van der Waals surface area contributed by atoms with Crippen LogP contribution in [0, 0.1) is 6.92 Å². The lowest BCUT2D eigenvalue weighted by molar-refractivity contribution is -0.130. The van der Waals surface area contributed by atoms with Crippen molar-refractivity contribution in [1.82, 2.24) is 15.1 Å². The molecule has 1 amide bonds. The Bertz CT molecular complexity index is 653. The molecule has 7 heteroatoms. The van der Waals surface area contributed by atoms with E-state index in [9.17, 15) is 4.79 Å². The zero-order chi connectivity index (χ0) is 16.2.